The van der Waals surface area contributed by atoms with Crippen LogP contribution < -0.4 is 15.6 Å². The molecular formula is C14H16N4O2. The van der Waals surface area contributed by atoms with E-state index in [4.69, 9.17) is 4.74 Å². The van der Waals surface area contributed by atoms with Crippen molar-refractivity contribution >= 4 is 5.69 Å². The highest BCUT2D eigenvalue weighted by Gasteiger charge is 2.13. The third-order valence-electron chi connectivity index (χ3n) is 3.28. The lowest BCUT2D eigenvalue weighted by Crippen LogP contribution is -2.27. The largest absolute Gasteiger partial charge is 0.481 e. The first kappa shape index (κ1) is 12.7. The molecule has 3 rings (SSSR count). The fraction of sp³-hybridized carbons (Fsp3) is 0.357. The summed E-state index contributed by atoms with van der Waals surface area (Å²) in [6.45, 7) is 1.25. The predicted octanol–water partition coefficient (Wildman–Crippen LogP) is 1.05. The van der Waals surface area contributed by atoms with E-state index < -0.39 is 0 Å². The SMILES string of the molecule is COc1cccc(Cn2nc3c(cc2=O)NCCC3)n1. The van der Waals surface area contributed by atoms with Crippen molar-refractivity contribution in [3.8, 4) is 5.88 Å². The third kappa shape index (κ3) is 2.49. The molecule has 0 unspecified atom stereocenters. The molecule has 1 aliphatic rings. The molecule has 2 aromatic rings. The molecule has 0 aromatic carbocycles. The molecule has 0 saturated heterocycles. The van der Waals surface area contributed by atoms with Gasteiger partial charge in [-0.1, -0.05) is 6.07 Å². The summed E-state index contributed by atoms with van der Waals surface area (Å²) in [6.07, 6.45) is 1.93. The molecule has 0 aliphatic carbocycles. The van der Waals surface area contributed by atoms with E-state index in [1.165, 1.54) is 4.68 Å². The fourth-order valence-corrected chi connectivity index (χ4v) is 2.27. The second-order valence-electron chi connectivity index (χ2n) is 4.70. The molecule has 0 saturated carbocycles. The molecule has 1 aliphatic heterocycles. The molecule has 0 atom stereocenters. The van der Waals surface area contributed by atoms with Crippen LogP contribution in [0.1, 0.15) is 17.8 Å². The summed E-state index contributed by atoms with van der Waals surface area (Å²) in [5, 5.41) is 7.63. The van der Waals surface area contributed by atoms with Gasteiger partial charge in [-0.15, -0.1) is 0 Å². The Morgan fingerprint density at radius 2 is 2.35 bits per heavy atom. The molecule has 0 bridgehead atoms. The number of nitrogens with zero attached hydrogens (tertiary/aromatic N) is 3. The number of nitrogens with one attached hydrogen (secondary N) is 1. The summed E-state index contributed by atoms with van der Waals surface area (Å²) in [6, 6.07) is 7.10. The first-order valence-corrected chi connectivity index (χ1v) is 6.61. The number of fused-ring (bicyclic) bond motifs is 1. The molecule has 20 heavy (non-hydrogen) atoms. The van der Waals surface area contributed by atoms with E-state index in [0.29, 0.717) is 12.4 Å². The molecule has 6 heteroatoms. The summed E-state index contributed by atoms with van der Waals surface area (Å²) in [7, 11) is 1.57. The van der Waals surface area contributed by atoms with Gasteiger partial charge in [0.2, 0.25) is 5.88 Å². The smallest absolute Gasteiger partial charge is 0.269 e. The van der Waals surface area contributed by atoms with Crippen LogP contribution in [-0.4, -0.2) is 28.4 Å². The number of anilines is 1. The molecule has 2 aromatic heterocycles. The highest BCUT2D eigenvalue weighted by Crippen LogP contribution is 2.16. The van der Waals surface area contributed by atoms with Crippen molar-refractivity contribution in [3.05, 3.63) is 46.0 Å². The molecule has 6 nitrogen and oxygen atoms in total. The van der Waals surface area contributed by atoms with Gasteiger partial charge in [-0.25, -0.2) is 9.67 Å². The fourth-order valence-electron chi connectivity index (χ4n) is 2.27. The van der Waals surface area contributed by atoms with Gasteiger partial charge in [-0.3, -0.25) is 4.79 Å². The van der Waals surface area contributed by atoms with Crippen molar-refractivity contribution in [3.63, 3.8) is 0 Å². The number of aromatic nitrogens is 3. The molecular weight excluding hydrogens is 256 g/mol. The molecule has 1 N–H and O–H groups in total. The summed E-state index contributed by atoms with van der Waals surface area (Å²) in [5.41, 5.74) is 2.43. The normalized spacial score (nSPS) is 13.4. The second-order valence-corrected chi connectivity index (χ2v) is 4.70. The van der Waals surface area contributed by atoms with Gasteiger partial charge in [0.15, 0.2) is 0 Å². The molecule has 0 fully saturated rings. The number of rotatable bonds is 3. The standard InChI is InChI=1S/C14H16N4O2/c1-20-13-6-2-4-10(16-13)9-18-14(19)8-12-11(17-18)5-3-7-15-12/h2,4,6,8,15H,3,5,7,9H2,1H3. The van der Waals surface area contributed by atoms with Gasteiger partial charge in [0.05, 0.1) is 30.7 Å². The monoisotopic (exact) mass is 272 g/mol. The lowest BCUT2D eigenvalue weighted by Gasteiger charge is -2.17. The molecule has 0 amide bonds. The minimum absolute atomic E-state index is 0.122. The zero-order valence-electron chi connectivity index (χ0n) is 11.3. The summed E-state index contributed by atoms with van der Waals surface area (Å²) >= 11 is 0. The van der Waals surface area contributed by atoms with Gasteiger partial charge in [-0.05, 0) is 18.9 Å². The zero-order chi connectivity index (χ0) is 13.9. The van der Waals surface area contributed by atoms with E-state index in [9.17, 15) is 4.79 Å². The number of methoxy groups -OCH3 is 1. The Morgan fingerprint density at radius 3 is 3.20 bits per heavy atom. The lowest BCUT2D eigenvalue weighted by atomic mass is 10.1. The second kappa shape index (κ2) is 5.32. The van der Waals surface area contributed by atoms with Gasteiger partial charge < -0.3 is 10.1 Å². The maximum Gasteiger partial charge on any atom is 0.269 e. The van der Waals surface area contributed by atoms with Crippen LogP contribution in [0.25, 0.3) is 0 Å². The molecule has 104 valence electrons. The first-order valence-electron chi connectivity index (χ1n) is 6.61. The van der Waals surface area contributed by atoms with E-state index in [-0.39, 0.29) is 5.56 Å². The van der Waals surface area contributed by atoms with Crippen LogP contribution in [0.3, 0.4) is 0 Å². The maximum atomic E-state index is 12.1. The lowest BCUT2D eigenvalue weighted by molar-refractivity contribution is 0.395. The number of hydrogen-bond donors (Lipinski definition) is 1. The minimum atomic E-state index is -0.122. The Labute approximate surface area is 116 Å². The minimum Gasteiger partial charge on any atom is -0.481 e. The number of aryl methyl sites for hydroxylation is 1. The van der Waals surface area contributed by atoms with Crippen molar-refractivity contribution in [2.45, 2.75) is 19.4 Å². The van der Waals surface area contributed by atoms with Crippen LogP contribution in [0.2, 0.25) is 0 Å². The Kier molecular flexibility index (Phi) is 3.37. The van der Waals surface area contributed by atoms with Crippen molar-refractivity contribution in [2.24, 2.45) is 0 Å². The Balaban J connectivity index is 1.92. The van der Waals surface area contributed by atoms with E-state index in [1.54, 1.807) is 19.2 Å². The first-order chi connectivity index (χ1) is 9.76. The Hall–Kier alpha value is -2.37. The Bertz CT molecular complexity index is 681. The quantitative estimate of drug-likeness (QED) is 0.904. The zero-order valence-corrected chi connectivity index (χ0v) is 11.3. The van der Waals surface area contributed by atoms with Gasteiger partial charge in [0.25, 0.3) is 5.56 Å². The van der Waals surface area contributed by atoms with E-state index >= 15 is 0 Å². The van der Waals surface area contributed by atoms with Crippen LogP contribution in [0, 0.1) is 0 Å². The van der Waals surface area contributed by atoms with Crippen LogP contribution in [0.15, 0.2) is 29.1 Å². The van der Waals surface area contributed by atoms with Crippen molar-refractivity contribution in [1.29, 1.82) is 0 Å². The Morgan fingerprint density at radius 1 is 1.45 bits per heavy atom. The summed E-state index contributed by atoms with van der Waals surface area (Å²) in [4.78, 5) is 16.4. The number of pyridine rings is 1. The van der Waals surface area contributed by atoms with Gasteiger partial charge in [0.1, 0.15) is 0 Å². The highest BCUT2D eigenvalue weighted by molar-refractivity contribution is 5.48. The summed E-state index contributed by atoms with van der Waals surface area (Å²) in [5.74, 6) is 0.537. The van der Waals surface area contributed by atoms with Gasteiger partial charge >= 0.3 is 0 Å². The van der Waals surface area contributed by atoms with Crippen LogP contribution in [0.4, 0.5) is 5.69 Å². The predicted molar refractivity (Wildman–Crippen MR) is 75.2 cm³/mol. The van der Waals surface area contributed by atoms with Crippen LogP contribution >= 0.6 is 0 Å². The topological polar surface area (TPSA) is 69.0 Å². The van der Waals surface area contributed by atoms with Gasteiger partial charge in [-0.2, -0.15) is 5.10 Å². The number of hydrogen-bond acceptors (Lipinski definition) is 5. The average Bonchev–Trinajstić information content (AvgIpc) is 2.48. The van der Waals surface area contributed by atoms with Crippen LogP contribution in [0.5, 0.6) is 5.88 Å². The van der Waals surface area contributed by atoms with E-state index in [1.807, 2.05) is 12.1 Å². The third-order valence-corrected chi connectivity index (χ3v) is 3.28. The average molecular weight is 272 g/mol. The molecule has 0 radical (unpaired) electrons. The number of ether oxygens (including phenoxy) is 1. The highest BCUT2D eigenvalue weighted by atomic mass is 16.5. The molecule has 0 spiro atoms. The van der Waals surface area contributed by atoms with Gasteiger partial charge in [0, 0.05) is 18.7 Å². The van der Waals surface area contributed by atoms with Crippen molar-refractivity contribution in [1.82, 2.24) is 14.8 Å². The summed E-state index contributed by atoms with van der Waals surface area (Å²) < 4.78 is 6.54. The van der Waals surface area contributed by atoms with Crippen molar-refractivity contribution in [2.75, 3.05) is 19.0 Å². The van der Waals surface area contributed by atoms with E-state index in [2.05, 4.69) is 15.4 Å². The van der Waals surface area contributed by atoms with Crippen LogP contribution in [-0.2, 0) is 13.0 Å². The van der Waals surface area contributed by atoms with Crippen molar-refractivity contribution < 1.29 is 4.74 Å². The maximum absolute atomic E-state index is 12.1. The molecule has 3 heterocycles. The van der Waals surface area contributed by atoms with E-state index in [0.717, 1.165) is 36.5 Å².